The Kier molecular flexibility index (Phi) is 5.08. The molecule has 118 valence electrons. The number of benzene rings is 2. The molecule has 0 saturated carbocycles. The second-order valence-corrected chi connectivity index (χ2v) is 5.24. The summed E-state index contributed by atoms with van der Waals surface area (Å²) in [6.45, 7) is 4.61. The van der Waals surface area contributed by atoms with E-state index >= 15 is 0 Å². The number of para-hydroxylation sites is 1. The monoisotopic (exact) mass is 309 g/mol. The maximum atomic E-state index is 12.6. The quantitative estimate of drug-likeness (QED) is 0.860. The Hall–Kier alpha value is -2.01. The molecule has 0 saturated heterocycles. The van der Waals surface area contributed by atoms with Gasteiger partial charge < -0.3 is 10.1 Å². The summed E-state index contributed by atoms with van der Waals surface area (Å²) in [5.41, 5.74) is 2.09. The van der Waals surface area contributed by atoms with E-state index in [0.29, 0.717) is 12.1 Å². The number of nitrogens with one attached hydrogen (secondary N) is 1. The Morgan fingerprint density at radius 3 is 2.18 bits per heavy atom. The number of alkyl halides is 3. The Labute approximate surface area is 127 Å². The summed E-state index contributed by atoms with van der Waals surface area (Å²) in [6, 6.07) is 13.8. The van der Waals surface area contributed by atoms with Gasteiger partial charge in [0.2, 0.25) is 0 Å². The van der Waals surface area contributed by atoms with Gasteiger partial charge in [-0.2, -0.15) is 0 Å². The molecule has 5 heteroatoms. The Bertz CT molecular complexity index is 623. The zero-order valence-electron chi connectivity index (χ0n) is 12.4. The third-order valence-electron chi connectivity index (χ3n) is 3.12. The largest absolute Gasteiger partial charge is 0.573 e. The normalized spacial score (nSPS) is 11.7. The molecule has 22 heavy (non-hydrogen) atoms. The van der Waals surface area contributed by atoms with Crippen molar-refractivity contribution >= 4 is 0 Å². The van der Waals surface area contributed by atoms with Gasteiger partial charge in [0.05, 0.1) is 0 Å². The summed E-state index contributed by atoms with van der Waals surface area (Å²) in [5.74, 6) is -0.188. The standard InChI is InChI=1S/C17H18F3NO/c1-12(2)21-11-13-7-3-4-8-14(13)15-9-5-6-10-16(15)22-17(18,19)20/h3-10,12,21H,11H2,1-2H3. The number of rotatable bonds is 5. The summed E-state index contributed by atoms with van der Waals surface area (Å²) < 4.78 is 41.8. The van der Waals surface area contributed by atoms with Crippen molar-refractivity contribution in [2.24, 2.45) is 0 Å². The van der Waals surface area contributed by atoms with Crippen LogP contribution in [0.1, 0.15) is 19.4 Å². The van der Waals surface area contributed by atoms with Crippen molar-refractivity contribution in [3.63, 3.8) is 0 Å². The molecule has 0 unspecified atom stereocenters. The smallest absolute Gasteiger partial charge is 0.405 e. The summed E-state index contributed by atoms with van der Waals surface area (Å²) in [7, 11) is 0. The van der Waals surface area contributed by atoms with Gasteiger partial charge in [-0.05, 0) is 17.2 Å². The molecule has 2 aromatic rings. The van der Waals surface area contributed by atoms with Gasteiger partial charge in [0.25, 0.3) is 0 Å². The van der Waals surface area contributed by atoms with Gasteiger partial charge in [0.15, 0.2) is 0 Å². The van der Waals surface area contributed by atoms with Crippen LogP contribution in [-0.2, 0) is 6.54 Å². The van der Waals surface area contributed by atoms with Gasteiger partial charge in [-0.1, -0.05) is 56.3 Å². The van der Waals surface area contributed by atoms with Crippen LogP contribution in [0.3, 0.4) is 0 Å². The van der Waals surface area contributed by atoms with Crippen LogP contribution < -0.4 is 10.1 Å². The molecule has 2 nitrogen and oxygen atoms in total. The molecule has 0 heterocycles. The fourth-order valence-corrected chi connectivity index (χ4v) is 2.15. The molecule has 0 aliphatic rings. The van der Waals surface area contributed by atoms with Crippen LogP contribution in [-0.4, -0.2) is 12.4 Å². The van der Waals surface area contributed by atoms with Crippen LogP contribution in [0.25, 0.3) is 11.1 Å². The zero-order valence-corrected chi connectivity index (χ0v) is 12.4. The first-order valence-corrected chi connectivity index (χ1v) is 7.03. The topological polar surface area (TPSA) is 21.3 Å². The van der Waals surface area contributed by atoms with Gasteiger partial charge in [0.1, 0.15) is 5.75 Å². The number of hydrogen-bond acceptors (Lipinski definition) is 2. The molecule has 1 N–H and O–H groups in total. The van der Waals surface area contributed by atoms with Gasteiger partial charge >= 0.3 is 6.36 Å². The Balaban J connectivity index is 2.40. The number of hydrogen-bond donors (Lipinski definition) is 1. The van der Waals surface area contributed by atoms with Gasteiger partial charge in [-0.3, -0.25) is 0 Å². The van der Waals surface area contributed by atoms with Crippen molar-refractivity contribution in [3.05, 3.63) is 54.1 Å². The molecule has 0 aliphatic carbocycles. The SMILES string of the molecule is CC(C)NCc1ccccc1-c1ccccc1OC(F)(F)F. The molecule has 0 radical (unpaired) electrons. The van der Waals surface area contributed by atoms with Crippen LogP contribution in [0.5, 0.6) is 5.75 Å². The van der Waals surface area contributed by atoms with E-state index in [1.54, 1.807) is 24.3 Å². The van der Waals surface area contributed by atoms with Crippen molar-refractivity contribution in [1.29, 1.82) is 0 Å². The van der Waals surface area contributed by atoms with Crippen LogP contribution in [0.4, 0.5) is 13.2 Å². The number of ether oxygens (including phenoxy) is 1. The Morgan fingerprint density at radius 2 is 1.55 bits per heavy atom. The van der Waals surface area contributed by atoms with Crippen molar-refractivity contribution in [2.75, 3.05) is 0 Å². The second kappa shape index (κ2) is 6.83. The second-order valence-electron chi connectivity index (χ2n) is 5.24. The lowest BCUT2D eigenvalue weighted by Gasteiger charge is -2.16. The lowest BCUT2D eigenvalue weighted by Crippen LogP contribution is -2.22. The summed E-state index contributed by atoms with van der Waals surface area (Å²) >= 11 is 0. The van der Waals surface area contributed by atoms with Gasteiger partial charge in [0, 0.05) is 18.2 Å². The predicted molar refractivity (Wildman–Crippen MR) is 80.5 cm³/mol. The van der Waals surface area contributed by atoms with E-state index in [2.05, 4.69) is 10.1 Å². The van der Waals surface area contributed by atoms with E-state index in [4.69, 9.17) is 0 Å². The molecule has 0 bridgehead atoms. The van der Waals surface area contributed by atoms with Gasteiger partial charge in [-0.15, -0.1) is 13.2 Å². The van der Waals surface area contributed by atoms with Gasteiger partial charge in [-0.25, -0.2) is 0 Å². The summed E-state index contributed by atoms with van der Waals surface area (Å²) in [5, 5.41) is 3.28. The minimum atomic E-state index is -4.71. The first-order valence-electron chi connectivity index (χ1n) is 7.03. The molecule has 0 spiro atoms. The van der Waals surface area contributed by atoms with Crippen molar-refractivity contribution < 1.29 is 17.9 Å². The predicted octanol–water partition coefficient (Wildman–Crippen LogP) is 4.75. The lowest BCUT2D eigenvalue weighted by molar-refractivity contribution is -0.274. The van der Waals surface area contributed by atoms with Crippen LogP contribution in [0.15, 0.2) is 48.5 Å². The van der Waals surface area contributed by atoms with Crippen LogP contribution in [0.2, 0.25) is 0 Å². The van der Waals surface area contributed by atoms with E-state index in [-0.39, 0.29) is 11.8 Å². The van der Waals surface area contributed by atoms with Crippen molar-refractivity contribution in [3.8, 4) is 16.9 Å². The molecule has 0 fully saturated rings. The molecule has 0 amide bonds. The zero-order chi connectivity index (χ0) is 16.2. The third kappa shape index (κ3) is 4.49. The average Bonchev–Trinajstić information content (AvgIpc) is 2.44. The van der Waals surface area contributed by atoms with E-state index in [1.165, 1.54) is 12.1 Å². The Morgan fingerprint density at radius 1 is 0.955 bits per heavy atom. The highest BCUT2D eigenvalue weighted by atomic mass is 19.4. The molecular formula is C17H18F3NO. The maximum Gasteiger partial charge on any atom is 0.573 e. The maximum absolute atomic E-state index is 12.6. The third-order valence-corrected chi connectivity index (χ3v) is 3.12. The highest BCUT2D eigenvalue weighted by Gasteiger charge is 2.32. The minimum Gasteiger partial charge on any atom is -0.405 e. The highest BCUT2D eigenvalue weighted by Crippen LogP contribution is 2.35. The van der Waals surface area contributed by atoms with Crippen molar-refractivity contribution in [2.45, 2.75) is 32.8 Å². The molecule has 0 aromatic heterocycles. The fourth-order valence-electron chi connectivity index (χ4n) is 2.15. The highest BCUT2D eigenvalue weighted by molar-refractivity contribution is 5.73. The van der Waals surface area contributed by atoms with Crippen LogP contribution >= 0.6 is 0 Å². The average molecular weight is 309 g/mol. The van der Waals surface area contributed by atoms with E-state index < -0.39 is 6.36 Å². The molecule has 0 aliphatic heterocycles. The molecule has 0 atom stereocenters. The lowest BCUT2D eigenvalue weighted by atomic mass is 9.98. The minimum absolute atomic E-state index is 0.188. The van der Waals surface area contributed by atoms with E-state index in [9.17, 15) is 13.2 Å². The number of halogens is 3. The van der Waals surface area contributed by atoms with E-state index in [0.717, 1.165) is 11.1 Å². The van der Waals surface area contributed by atoms with Crippen LogP contribution in [0, 0.1) is 0 Å². The van der Waals surface area contributed by atoms with Crippen molar-refractivity contribution in [1.82, 2.24) is 5.32 Å². The summed E-state index contributed by atoms with van der Waals surface area (Å²) in [4.78, 5) is 0. The van der Waals surface area contributed by atoms with E-state index in [1.807, 2.05) is 26.0 Å². The summed E-state index contributed by atoms with van der Waals surface area (Å²) in [6.07, 6.45) is -4.71. The molecular weight excluding hydrogens is 291 g/mol. The molecule has 2 aromatic carbocycles. The first kappa shape index (κ1) is 16.4. The molecule has 2 rings (SSSR count). The fraction of sp³-hybridized carbons (Fsp3) is 0.294. The first-order chi connectivity index (χ1) is 10.4.